The molecule has 8 heteroatoms. The molecule has 162 valence electrons. The van der Waals surface area contributed by atoms with Gasteiger partial charge in [0.2, 0.25) is 0 Å². The number of thiazole rings is 1. The largest absolute Gasteiger partial charge is 0.495 e. The molecule has 7 nitrogen and oxygen atoms in total. The number of piperazine rings is 1. The average molecular weight is 439 g/mol. The zero-order valence-electron chi connectivity index (χ0n) is 17.9. The second-order valence-corrected chi connectivity index (χ2v) is 8.18. The summed E-state index contributed by atoms with van der Waals surface area (Å²) in [6, 6.07) is 13.9. The lowest BCUT2D eigenvalue weighted by Gasteiger charge is -2.36. The Bertz CT molecular complexity index is 1060. The molecule has 0 bridgehead atoms. The number of methoxy groups -OCH3 is 2. The van der Waals surface area contributed by atoms with Crippen LogP contribution in [0.5, 0.6) is 11.5 Å². The van der Waals surface area contributed by atoms with Gasteiger partial charge in [0.05, 0.1) is 25.6 Å². The minimum Gasteiger partial charge on any atom is -0.495 e. The first-order chi connectivity index (χ1) is 15.1. The van der Waals surface area contributed by atoms with E-state index in [0.29, 0.717) is 23.9 Å². The predicted molar refractivity (Wildman–Crippen MR) is 124 cm³/mol. The third-order valence-electron chi connectivity index (χ3n) is 5.31. The maximum atomic E-state index is 13.0. The van der Waals surface area contributed by atoms with E-state index in [1.807, 2.05) is 54.3 Å². The lowest BCUT2D eigenvalue weighted by molar-refractivity contribution is 0.0741. The number of carbonyl (C=O) groups is 1. The molecule has 0 saturated carbocycles. The number of aryl methyl sites for hydroxylation is 1. The third-order valence-corrected chi connectivity index (χ3v) is 6.07. The number of nitrogens with zero attached hydrogens (tertiary/aromatic N) is 3. The molecule has 1 amide bonds. The van der Waals surface area contributed by atoms with Crippen LogP contribution in [0.1, 0.15) is 16.1 Å². The molecule has 1 aromatic heterocycles. The number of ether oxygens (including phenoxy) is 2. The standard InChI is InChI=1S/C23H26N4O3S/c1-16-8-9-20(29-2)17(14-16)24-23-25-18(15-31-23)22(28)27-12-10-26(11-13-27)19-6-4-5-7-21(19)30-3/h4-9,14-15H,10-13H2,1-3H3,(H,24,25). The highest BCUT2D eigenvalue weighted by molar-refractivity contribution is 7.14. The van der Waals surface area contributed by atoms with E-state index in [2.05, 4.69) is 15.2 Å². The van der Waals surface area contributed by atoms with E-state index in [-0.39, 0.29) is 5.91 Å². The first kappa shape index (κ1) is 21.0. The molecule has 0 radical (unpaired) electrons. The normalized spacial score (nSPS) is 13.8. The van der Waals surface area contributed by atoms with Gasteiger partial charge in [-0.05, 0) is 36.8 Å². The smallest absolute Gasteiger partial charge is 0.273 e. The summed E-state index contributed by atoms with van der Waals surface area (Å²) in [5.41, 5.74) is 3.47. The first-order valence-corrected chi connectivity index (χ1v) is 11.0. The van der Waals surface area contributed by atoms with Gasteiger partial charge in [-0.25, -0.2) is 4.98 Å². The molecule has 1 saturated heterocycles. The summed E-state index contributed by atoms with van der Waals surface area (Å²) in [6.45, 7) is 4.81. The van der Waals surface area contributed by atoms with E-state index in [4.69, 9.17) is 9.47 Å². The monoisotopic (exact) mass is 438 g/mol. The molecule has 2 aromatic carbocycles. The zero-order chi connectivity index (χ0) is 21.8. The molecule has 0 unspecified atom stereocenters. The summed E-state index contributed by atoms with van der Waals surface area (Å²) >= 11 is 1.41. The Hall–Kier alpha value is -3.26. The van der Waals surface area contributed by atoms with Crippen molar-refractivity contribution in [2.24, 2.45) is 0 Å². The van der Waals surface area contributed by atoms with E-state index in [1.165, 1.54) is 11.3 Å². The molecule has 4 rings (SSSR count). The van der Waals surface area contributed by atoms with Crippen LogP contribution in [0.25, 0.3) is 0 Å². The molecule has 2 heterocycles. The first-order valence-electron chi connectivity index (χ1n) is 10.1. The van der Waals surface area contributed by atoms with Crippen molar-refractivity contribution in [3.8, 4) is 11.5 Å². The summed E-state index contributed by atoms with van der Waals surface area (Å²) in [6.07, 6.45) is 0. The van der Waals surface area contributed by atoms with Gasteiger partial charge in [0.25, 0.3) is 5.91 Å². The second-order valence-electron chi connectivity index (χ2n) is 7.32. The molecule has 0 spiro atoms. The molecule has 3 aromatic rings. The highest BCUT2D eigenvalue weighted by Gasteiger charge is 2.25. The topological polar surface area (TPSA) is 66.9 Å². The van der Waals surface area contributed by atoms with Gasteiger partial charge in [0, 0.05) is 31.6 Å². The van der Waals surface area contributed by atoms with Crippen LogP contribution >= 0.6 is 11.3 Å². The molecule has 1 aliphatic heterocycles. The van der Waals surface area contributed by atoms with Crippen molar-refractivity contribution in [3.63, 3.8) is 0 Å². The van der Waals surface area contributed by atoms with Gasteiger partial charge in [0.15, 0.2) is 5.13 Å². The average Bonchev–Trinajstić information content (AvgIpc) is 3.27. The van der Waals surface area contributed by atoms with E-state index >= 15 is 0 Å². The van der Waals surface area contributed by atoms with Gasteiger partial charge < -0.3 is 24.6 Å². The van der Waals surface area contributed by atoms with Crippen LogP contribution in [-0.2, 0) is 0 Å². The predicted octanol–water partition coefficient (Wildman–Crippen LogP) is 4.17. The lowest BCUT2D eigenvalue weighted by Crippen LogP contribution is -2.49. The molecular formula is C23H26N4O3S. The van der Waals surface area contributed by atoms with Crippen LogP contribution < -0.4 is 19.7 Å². The lowest BCUT2D eigenvalue weighted by atomic mass is 10.2. The Morgan fingerprint density at radius 3 is 2.52 bits per heavy atom. The van der Waals surface area contributed by atoms with Gasteiger partial charge in [-0.3, -0.25) is 4.79 Å². The number of hydrogen-bond donors (Lipinski definition) is 1. The number of aromatic nitrogens is 1. The summed E-state index contributed by atoms with van der Waals surface area (Å²) in [7, 11) is 3.32. The zero-order valence-corrected chi connectivity index (χ0v) is 18.7. The fourth-order valence-electron chi connectivity index (χ4n) is 3.67. The maximum Gasteiger partial charge on any atom is 0.273 e. The van der Waals surface area contributed by atoms with Crippen molar-refractivity contribution in [2.75, 3.05) is 50.6 Å². The van der Waals surface area contributed by atoms with E-state index in [1.54, 1.807) is 19.6 Å². The van der Waals surface area contributed by atoms with Crippen molar-refractivity contribution in [2.45, 2.75) is 6.92 Å². The number of carbonyl (C=O) groups excluding carboxylic acids is 1. The maximum absolute atomic E-state index is 13.0. The van der Waals surface area contributed by atoms with E-state index in [0.717, 1.165) is 41.5 Å². The van der Waals surface area contributed by atoms with E-state index < -0.39 is 0 Å². The summed E-state index contributed by atoms with van der Waals surface area (Å²) in [4.78, 5) is 21.6. The Kier molecular flexibility index (Phi) is 6.27. The fourth-order valence-corrected chi connectivity index (χ4v) is 4.36. The second kappa shape index (κ2) is 9.26. The molecule has 0 aliphatic carbocycles. The third kappa shape index (κ3) is 4.59. The van der Waals surface area contributed by atoms with Gasteiger partial charge in [-0.1, -0.05) is 18.2 Å². The highest BCUT2D eigenvalue weighted by atomic mass is 32.1. The molecule has 1 fully saturated rings. The Balaban J connectivity index is 1.40. The molecule has 1 aliphatic rings. The van der Waals surface area contributed by atoms with Crippen molar-refractivity contribution in [1.82, 2.24) is 9.88 Å². The van der Waals surface area contributed by atoms with Gasteiger partial charge in [-0.2, -0.15) is 0 Å². The number of amides is 1. The van der Waals surface area contributed by atoms with E-state index in [9.17, 15) is 4.79 Å². The van der Waals surface area contributed by atoms with Gasteiger partial charge in [-0.15, -0.1) is 11.3 Å². The SMILES string of the molecule is COc1ccc(C)cc1Nc1nc(C(=O)N2CCN(c3ccccc3OC)CC2)cs1. The van der Waals surface area contributed by atoms with Crippen LogP contribution in [-0.4, -0.2) is 56.2 Å². The van der Waals surface area contributed by atoms with Crippen molar-refractivity contribution < 1.29 is 14.3 Å². The molecule has 1 N–H and O–H groups in total. The Morgan fingerprint density at radius 2 is 1.77 bits per heavy atom. The van der Waals surface area contributed by atoms with Crippen LogP contribution in [0.4, 0.5) is 16.5 Å². The summed E-state index contributed by atoms with van der Waals surface area (Å²) in [5, 5.41) is 5.74. The number of nitrogens with one attached hydrogen (secondary N) is 1. The minimum atomic E-state index is -0.0415. The van der Waals surface area contributed by atoms with Crippen LogP contribution in [0.2, 0.25) is 0 Å². The molecule has 0 atom stereocenters. The van der Waals surface area contributed by atoms with Gasteiger partial charge in [0.1, 0.15) is 17.2 Å². The Labute approximate surface area is 186 Å². The van der Waals surface area contributed by atoms with Gasteiger partial charge >= 0.3 is 0 Å². The van der Waals surface area contributed by atoms with Crippen molar-refractivity contribution >= 4 is 33.8 Å². The minimum absolute atomic E-state index is 0.0415. The highest BCUT2D eigenvalue weighted by Crippen LogP contribution is 2.31. The fraction of sp³-hybridized carbons (Fsp3) is 0.304. The molecule has 31 heavy (non-hydrogen) atoms. The quantitative estimate of drug-likeness (QED) is 0.623. The number of anilines is 3. The summed E-state index contributed by atoms with van der Waals surface area (Å²) in [5.74, 6) is 1.55. The van der Waals surface area contributed by atoms with Crippen molar-refractivity contribution in [1.29, 1.82) is 0 Å². The number of rotatable bonds is 6. The number of para-hydroxylation sites is 2. The number of benzene rings is 2. The van der Waals surface area contributed by atoms with Crippen LogP contribution in [0, 0.1) is 6.92 Å². The van der Waals surface area contributed by atoms with Crippen LogP contribution in [0.15, 0.2) is 47.8 Å². The number of hydrogen-bond acceptors (Lipinski definition) is 7. The Morgan fingerprint density at radius 1 is 1.03 bits per heavy atom. The van der Waals surface area contributed by atoms with Crippen LogP contribution in [0.3, 0.4) is 0 Å². The molecular weight excluding hydrogens is 412 g/mol. The van der Waals surface area contributed by atoms with Crippen molar-refractivity contribution in [3.05, 3.63) is 59.1 Å². The summed E-state index contributed by atoms with van der Waals surface area (Å²) < 4.78 is 10.9.